The minimum Gasteiger partial charge on any atom is -0.465 e. The summed E-state index contributed by atoms with van der Waals surface area (Å²) in [5, 5.41) is 3.00. The third kappa shape index (κ3) is 4.01. The smallest absolute Gasteiger partial charge is 0.338 e. The monoisotopic (exact) mass is 240 g/mol. The van der Waals surface area contributed by atoms with Crippen molar-refractivity contribution >= 4 is 11.8 Å². The molecule has 17 heavy (non-hydrogen) atoms. The Morgan fingerprint density at radius 3 is 2.71 bits per heavy atom. The summed E-state index contributed by atoms with van der Waals surface area (Å²) in [7, 11) is 4.43. The fourth-order valence-corrected chi connectivity index (χ4v) is 1.22. The van der Waals surface area contributed by atoms with Crippen LogP contribution >= 0.6 is 0 Å². The van der Waals surface area contributed by atoms with Crippen LogP contribution in [0, 0.1) is 0 Å². The first-order chi connectivity index (χ1) is 8.21. The molecule has 1 heterocycles. The van der Waals surface area contributed by atoms with Crippen LogP contribution in [0.3, 0.4) is 0 Å². The lowest BCUT2D eigenvalue weighted by Crippen LogP contribution is -2.24. The van der Waals surface area contributed by atoms with Crippen LogP contribution in [0.15, 0.2) is 18.3 Å². The van der Waals surface area contributed by atoms with Gasteiger partial charge in [-0.05, 0) is 12.1 Å². The van der Waals surface area contributed by atoms with E-state index in [1.54, 1.807) is 26.4 Å². The number of hydrogen-bond donors (Lipinski definition) is 1. The molecule has 0 aromatic carbocycles. The van der Waals surface area contributed by atoms with Gasteiger partial charge >= 0.3 is 5.97 Å². The lowest BCUT2D eigenvalue weighted by atomic mass is 10.2. The highest BCUT2D eigenvalue weighted by Gasteiger charge is 2.08. The molecule has 1 aromatic rings. The number of carbonyl (C=O) groups is 1. The Labute approximate surface area is 99.9 Å². The van der Waals surface area contributed by atoms with Gasteiger partial charge in [-0.1, -0.05) is 0 Å². The highest BCUT2D eigenvalue weighted by atomic mass is 16.7. The van der Waals surface area contributed by atoms with E-state index >= 15 is 0 Å². The standard InChI is InChI=1S/C11H16N2O4/c1-15-10(16-2)7-13-9-6-8(4-5-12-9)11(14)17-3/h4-6,10H,7H2,1-3H3,(H,12,13). The molecule has 94 valence electrons. The SMILES string of the molecule is COC(=O)c1ccnc(NCC(OC)OC)c1. The normalized spacial score (nSPS) is 10.4. The number of ether oxygens (including phenoxy) is 3. The summed E-state index contributed by atoms with van der Waals surface area (Å²) in [6.45, 7) is 0.435. The van der Waals surface area contributed by atoms with Crippen molar-refractivity contribution in [3.8, 4) is 0 Å². The molecule has 0 aliphatic heterocycles. The molecule has 1 N–H and O–H groups in total. The number of aromatic nitrogens is 1. The average Bonchev–Trinajstić information content (AvgIpc) is 2.39. The van der Waals surface area contributed by atoms with Gasteiger partial charge < -0.3 is 19.5 Å². The van der Waals surface area contributed by atoms with Crippen molar-refractivity contribution in [3.05, 3.63) is 23.9 Å². The molecule has 0 amide bonds. The predicted molar refractivity (Wildman–Crippen MR) is 61.9 cm³/mol. The Balaban J connectivity index is 2.62. The van der Waals surface area contributed by atoms with Crippen LogP contribution < -0.4 is 5.32 Å². The lowest BCUT2D eigenvalue weighted by Gasteiger charge is -2.14. The predicted octanol–water partition coefficient (Wildman–Crippen LogP) is 0.899. The summed E-state index contributed by atoms with van der Waals surface area (Å²) in [6, 6.07) is 3.19. The fourth-order valence-electron chi connectivity index (χ4n) is 1.22. The minimum absolute atomic E-state index is 0.362. The second-order valence-electron chi connectivity index (χ2n) is 3.20. The molecule has 6 heteroatoms. The van der Waals surface area contributed by atoms with E-state index in [-0.39, 0.29) is 6.29 Å². The fraction of sp³-hybridized carbons (Fsp3) is 0.455. The van der Waals surface area contributed by atoms with Crippen molar-refractivity contribution in [1.82, 2.24) is 4.98 Å². The van der Waals surface area contributed by atoms with Gasteiger partial charge in [-0.15, -0.1) is 0 Å². The zero-order chi connectivity index (χ0) is 12.7. The highest BCUT2D eigenvalue weighted by Crippen LogP contribution is 2.08. The van der Waals surface area contributed by atoms with Crippen molar-refractivity contribution in [3.63, 3.8) is 0 Å². The first-order valence-electron chi connectivity index (χ1n) is 5.05. The van der Waals surface area contributed by atoms with Gasteiger partial charge in [-0.25, -0.2) is 9.78 Å². The topological polar surface area (TPSA) is 69.7 Å². The summed E-state index contributed by atoms with van der Waals surface area (Å²) in [6.07, 6.45) is 1.17. The first-order valence-corrected chi connectivity index (χ1v) is 5.05. The van der Waals surface area contributed by atoms with E-state index in [4.69, 9.17) is 9.47 Å². The molecule has 0 fully saturated rings. The number of esters is 1. The molecule has 0 aliphatic carbocycles. The average molecular weight is 240 g/mol. The van der Waals surface area contributed by atoms with Gasteiger partial charge in [0.1, 0.15) is 5.82 Å². The Hall–Kier alpha value is -1.66. The molecule has 0 unspecified atom stereocenters. The molecule has 0 atom stereocenters. The van der Waals surface area contributed by atoms with Crippen LogP contribution in [0.1, 0.15) is 10.4 Å². The maximum atomic E-state index is 11.3. The zero-order valence-corrected chi connectivity index (χ0v) is 10.1. The summed E-state index contributed by atoms with van der Waals surface area (Å²) in [5.74, 6) is 0.164. The van der Waals surface area contributed by atoms with Gasteiger partial charge in [-0.3, -0.25) is 0 Å². The van der Waals surface area contributed by atoms with E-state index < -0.39 is 5.97 Å². The number of methoxy groups -OCH3 is 3. The van der Waals surface area contributed by atoms with Crippen LogP contribution in [0.25, 0.3) is 0 Å². The van der Waals surface area contributed by atoms with Crippen molar-refractivity contribution in [2.75, 3.05) is 33.2 Å². The quantitative estimate of drug-likeness (QED) is 0.588. The number of anilines is 1. The number of nitrogens with zero attached hydrogens (tertiary/aromatic N) is 1. The van der Waals surface area contributed by atoms with Crippen molar-refractivity contribution < 1.29 is 19.0 Å². The van der Waals surface area contributed by atoms with Gasteiger partial charge in [0, 0.05) is 20.4 Å². The molecular weight excluding hydrogens is 224 g/mol. The summed E-state index contributed by atoms with van der Waals surface area (Å²) >= 11 is 0. The second-order valence-corrected chi connectivity index (χ2v) is 3.20. The highest BCUT2D eigenvalue weighted by molar-refractivity contribution is 5.89. The van der Waals surface area contributed by atoms with Crippen LogP contribution in [-0.2, 0) is 14.2 Å². The molecule has 0 aliphatic rings. The van der Waals surface area contributed by atoms with Crippen LogP contribution in [0.2, 0.25) is 0 Å². The lowest BCUT2D eigenvalue weighted by molar-refractivity contribution is -0.0914. The number of pyridine rings is 1. The molecular formula is C11H16N2O4. The summed E-state index contributed by atoms with van der Waals surface area (Å²) in [4.78, 5) is 15.4. The number of hydrogen-bond acceptors (Lipinski definition) is 6. The van der Waals surface area contributed by atoms with E-state index in [0.29, 0.717) is 17.9 Å². The largest absolute Gasteiger partial charge is 0.465 e. The number of carbonyl (C=O) groups excluding carboxylic acids is 1. The van der Waals surface area contributed by atoms with Crippen LogP contribution in [-0.4, -0.2) is 45.1 Å². The number of nitrogens with one attached hydrogen (secondary N) is 1. The Morgan fingerprint density at radius 1 is 1.41 bits per heavy atom. The van der Waals surface area contributed by atoms with Gasteiger partial charge in [0.25, 0.3) is 0 Å². The summed E-state index contributed by atoms with van der Waals surface area (Å²) < 4.78 is 14.6. The van der Waals surface area contributed by atoms with E-state index in [0.717, 1.165) is 0 Å². The Kier molecular flexibility index (Phi) is 5.38. The maximum Gasteiger partial charge on any atom is 0.338 e. The second kappa shape index (κ2) is 6.82. The number of rotatable bonds is 6. The molecule has 1 aromatic heterocycles. The molecule has 0 radical (unpaired) electrons. The Morgan fingerprint density at radius 2 is 2.12 bits per heavy atom. The maximum absolute atomic E-state index is 11.3. The van der Waals surface area contributed by atoms with Crippen molar-refractivity contribution in [1.29, 1.82) is 0 Å². The van der Waals surface area contributed by atoms with E-state index in [1.807, 2.05) is 0 Å². The van der Waals surface area contributed by atoms with Crippen LogP contribution in [0.4, 0.5) is 5.82 Å². The molecule has 0 spiro atoms. The summed E-state index contributed by atoms with van der Waals surface area (Å²) in [5.41, 5.74) is 0.441. The minimum atomic E-state index is -0.398. The van der Waals surface area contributed by atoms with Gasteiger partial charge in [0.05, 0.1) is 19.2 Å². The van der Waals surface area contributed by atoms with Gasteiger partial charge in [-0.2, -0.15) is 0 Å². The molecule has 0 saturated heterocycles. The van der Waals surface area contributed by atoms with Gasteiger partial charge in [0.15, 0.2) is 6.29 Å². The van der Waals surface area contributed by atoms with Gasteiger partial charge in [0.2, 0.25) is 0 Å². The van der Waals surface area contributed by atoms with E-state index in [2.05, 4.69) is 15.0 Å². The van der Waals surface area contributed by atoms with Crippen LogP contribution in [0.5, 0.6) is 0 Å². The van der Waals surface area contributed by atoms with Crippen molar-refractivity contribution in [2.24, 2.45) is 0 Å². The Bertz CT molecular complexity index is 366. The molecule has 0 saturated carbocycles. The first kappa shape index (κ1) is 13.4. The molecule has 6 nitrogen and oxygen atoms in total. The zero-order valence-electron chi connectivity index (χ0n) is 10.1. The van der Waals surface area contributed by atoms with E-state index in [1.165, 1.54) is 13.3 Å². The third-order valence-corrected chi connectivity index (χ3v) is 2.16. The third-order valence-electron chi connectivity index (χ3n) is 2.16. The van der Waals surface area contributed by atoms with E-state index in [9.17, 15) is 4.79 Å². The van der Waals surface area contributed by atoms with Crippen molar-refractivity contribution in [2.45, 2.75) is 6.29 Å². The molecule has 1 rings (SSSR count). The molecule has 0 bridgehead atoms.